The van der Waals surface area contributed by atoms with E-state index in [1.807, 2.05) is 0 Å². The van der Waals surface area contributed by atoms with Crippen molar-refractivity contribution in [1.29, 1.82) is 0 Å². The second-order valence-corrected chi connectivity index (χ2v) is 3.57. The lowest BCUT2D eigenvalue weighted by Crippen LogP contribution is -2.02. The van der Waals surface area contributed by atoms with Crippen molar-refractivity contribution in [2.24, 2.45) is 5.73 Å². The van der Waals surface area contributed by atoms with Crippen molar-refractivity contribution in [3.05, 3.63) is 53.5 Å². The number of halogens is 1. The highest BCUT2D eigenvalue weighted by atomic mass is 19.1. The molecule has 0 unspecified atom stereocenters. The molecule has 0 saturated heterocycles. The predicted octanol–water partition coefficient (Wildman–Crippen LogP) is 1.91. The fourth-order valence-corrected chi connectivity index (χ4v) is 1.47. The first-order valence-corrected chi connectivity index (χ1v) is 5.15. The van der Waals surface area contributed by atoms with Gasteiger partial charge in [-0.15, -0.1) is 0 Å². The maximum Gasteiger partial charge on any atom is 0.198 e. The van der Waals surface area contributed by atoms with Crippen LogP contribution in [0.5, 0.6) is 0 Å². The zero-order valence-corrected chi connectivity index (χ0v) is 8.82. The highest BCUT2D eigenvalue weighted by Gasteiger charge is 2.04. The van der Waals surface area contributed by atoms with E-state index in [0.717, 1.165) is 11.3 Å². The molecule has 3 nitrogen and oxygen atoms in total. The number of rotatable bonds is 4. The number of aromatic nitrogens is 1. The Labute approximate surface area is 93.1 Å². The zero-order valence-electron chi connectivity index (χ0n) is 8.82. The van der Waals surface area contributed by atoms with Gasteiger partial charge in [-0.2, -0.15) is 0 Å². The van der Waals surface area contributed by atoms with Gasteiger partial charge in [-0.3, -0.25) is 0 Å². The molecule has 0 fully saturated rings. The van der Waals surface area contributed by atoms with Crippen molar-refractivity contribution in [3.63, 3.8) is 0 Å². The Hall–Kier alpha value is -1.68. The molecule has 1 aromatic carbocycles. The summed E-state index contributed by atoms with van der Waals surface area (Å²) in [5.41, 5.74) is 7.25. The van der Waals surface area contributed by atoms with Crippen molar-refractivity contribution in [2.45, 2.75) is 12.8 Å². The Balaban J connectivity index is 2.05. The Bertz CT molecular complexity index is 450. The number of hydrogen-bond donors (Lipinski definition) is 1. The van der Waals surface area contributed by atoms with Crippen LogP contribution >= 0.6 is 0 Å². The summed E-state index contributed by atoms with van der Waals surface area (Å²) in [5, 5.41) is 0. The van der Waals surface area contributed by atoms with Crippen LogP contribution in [0.3, 0.4) is 0 Å². The largest absolute Gasteiger partial charge is 0.448 e. The van der Waals surface area contributed by atoms with Crippen LogP contribution in [0.2, 0.25) is 0 Å². The first-order valence-electron chi connectivity index (χ1n) is 5.15. The van der Waals surface area contributed by atoms with Gasteiger partial charge in [0.15, 0.2) is 5.89 Å². The quantitative estimate of drug-likeness (QED) is 0.856. The third kappa shape index (κ3) is 2.67. The highest BCUT2D eigenvalue weighted by molar-refractivity contribution is 5.19. The number of benzene rings is 1. The molecule has 2 rings (SSSR count). The monoisotopic (exact) mass is 220 g/mol. The first-order chi connectivity index (χ1) is 7.78. The van der Waals surface area contributed by atoms with E-state index >= 15 is 0 Å². The van der Waals surface area contributed by atoms with Gasteiger partial charge in [0.05, 0.1) is 5.69 Å². The van der Waals surface area contributed by atoms with E-state index in [1.54, 1.807) is 18.4 Å². The Morgan fingerprint density at radius 1 is 1.25 bits per heavy atom. The minimum atomic E-state index is -0.236. The van der Waals surface area contributed by atoms with Gasteiger partial charge in [-0.25, -0.2) is 9.37 Å². The van der Waals surface area contributed by atoms with Crippen molar-refractivity contribution in [2.75, 3.05) is 6.54 Å². The Kier molecular flexibility index (Phi) is 3.31. The molecular weight excluding hydrogens is 207 g/mol. The molecule has 16 heavy (non-hydrogen) atoms. The molecule has 0 aliphatic heterocycles. The van der Waals surface area contributed by atoms with Gasteiger partial charge in [0.2, 0.25) is 0 Å². The molecule has 4 heteroatoms. The van der Waals surface area contributed by atoms with Crippen LogP contribution in [-0.2, 0) is 12.8 Å². The lowest BCUT2D eigenvalue weighted by atomic mass is 10.1. The molecule has 0 atom stereocenters. The van der Waals surface area contributed by atoms with Crippen molar-refractivity contribution < 1.29 is 8.81 Å². The smallest absolute Gasteiger partial charge is 0.198 e. The number of nitrogens with two attached hydrogens (primary N) is 1. The highest BCUT2D eigenvalue weighted by Crippen LogP contribution is 2.10. The molecule has 2 aromatic rings. The summed E-state index contributed by atoms with van der Waals surface area (Å²) in [7, 11) is 0. The Morgan fingerprint density at radius 2 is 2.00 bits per heavy atom. The molecule has 0 spiro atoms. The van der Waals surface area contributed by atoms with Crippen molar-refractivity contribution in [3.8, 4) is 0 Å². The molecule has 0 saturated carbocycles. The summed E-state index contributed by atoms with van der Waals surface area (Å²) in [6.45, 7) is 0.558. The summed E-state index contributed by atoms with van der Waals surface area (Å²) in [5.74, 6) is 0.398. The fraction of sp³-hybridized carbons (Fsp3) is 0.250. The Morgan fingerprint density at radius 3 is 2.69 bits per heavy atom. The molecule has 84 valence electrons. The molecule has 1 aromatic heterocycles. The summed E-state index contributed by atoms with van der Waals surface area (Å²) in [6.07, 6.45) is 2.91. The van der Waals surface area contributed by atoms with Crippen molar-refractivity contribution >= 4 is 0 Å². The average molecular weight is 220 g/mol. The number of hydrogen-bond acceptors (Lipinski definition) is 3. The lowest BCUT2D eigenvalue weighted by Gasteiger charge is -1.96. The minimum absolute atomic E-state index is 0.236. The second-order valence-electron chi connectivity index (χ2n) is 3.57. The number of nitrogens with zero attached hydrogens (tertiary/aromatic N) is 1. The fourth-order valence-electron chi connectivity index (χ4n) is 1.47. The summed E-state index contributed by atoms with van der Waals surface area (Å²) < 4.78 is 18.0. The summed E-state index contributed by atoms with van der Waals surface area (Å²) in [6, 6.07) is 6.31. The molecule has 0 amide bonds. The maximum atomic E-state index is 12.7. The van der Waals surface area contributed by atoms with Crippen LogP contribution in [-0.4, -0.2) is 11.5 Å². The third-order valence-corrected chi connectivity index (χ3v) is 2.27. The van der Waals surface area contributed by atoms with Gasteiger partial charge in [0, 0.05) is 12.8 Å². The van der Waals surface area contributed by atoms with Gasteiger partial charge in [0.25, 0.3) is 0 Å². The molecule has 0 aliphatic carbocycles. The van der Waals surface area contributed by atoms with E-state index in [-0.39, 0.29) is 5.82 Å². The van der Waals surface area contributed by atoms with Crippen LogP contribution < -0.4 is 5.73 Å². The van der Waals surface area contributed by atoms with E-state index in [4.69, 9.17) is 10.2 Å². The minimum Gasteiger partial charge on any atom is -0.448 e. The standard InChI is InChI=1S/C12H13FN2O/c13-10-3-1-9(2-4-10)7-12-15-11(5-6-14)8-16-12/h1-4,8H,5-7,14H2. The van der Waals surface area contributed by atoms with Gasteiger partial charge in [-0.1, -0.05) is 12.1 Å². The SMILES string of the molecule is NCCc1coc(Cc2ccc(F)cc2)n1. The van der Waals surface area contributed by atoms with Gasteiger partial charge in [-0.05, 0) is 24.2 Å². The van der Waals surface area contributed by atoms with E-state index < -0.39 is 0 Å². The predicted molar refractivity (Wildman–Crippen MR) is 58.5 cm³/mol. The van der Waals surface area contributed by atoms with E-state index in [2.05, 4.69) is 4.98 Å². The van der Waals surface area contributed by atoms with Gasteiger partial charge >= 0.3 is 0 Å². The second kappa shape index (κ2) is 4.90. The molecule has 2 N–H and O–H groups in total. The molecule has 0 aliphatic rings. The van der Waals surface area contributed by atoms with E-state index in [0.29, 0.717) is 25.3 Å². The van der Waals surface area contributed by atoms with Crippen LogP contribution in [0, 0.1) is 5.82 Å². The van der Waals surface area contributed by atoms with E-state index in [9.17, 15) is 4.39 Å². The van der Waals surface area contributed by atoms with Crippen LogP contribution in [0.4, 0.5) is 4.39 Å². The average Bonchev–Trinajstić information content (AvgIpc) is 2.70. The summed E-state index contributed by atoms with van der Waals surface area (Å²) >= 11 is 0. The maximum absolute atomic E-state index is 12.7. The van der Waals surface area contributed by atoms with Crippen LogP contribution in [0.1, 0.15) is 17.1 Å². The number of oxazole rings is 1. The van der Waals surface area contributed by atoms with Crippen LogP contribution in [0.25, 0.3) is 0 Å². The van der Waals surface area contributed by atoms with Gasteiger partial charge < -0.3 is 10.2 Å². The molecule has 0 bridgehead atoms. The molecule has 1 heterocycles. The lowest BCUT2D eigenvalue weighted by molar-refractivity contribution is 0.506. The van der Waals surface area contributed by atoms with Crippen LogP contribution in [0.15, 0.2) is 34.9 Å². The van der Waals surface area contributed by atoms with E-state index in [1.165, 1.54) is 12.1 Å². The van der Waals surface area contributed by atoms with Gasteiger partial charge in [0.1, 0.15) is 12.1 Å². The topological polar surface area (TPSA) is 52.0 Å². The summed E-state index contributed by atoms with van der Waals surface area (Å²) in [4.78, 5) is 4.28. The molecule has 0 radical (unpaired) electrons. The van der Waals surface area contributed by atoms with Crippen molar-refractivity contribution in [1.82, 2.24) is 4.98 Å². The third-order valence-electron chi connectivity index (χ3n) is 2.27. The first kappa shape index (κ1) is 10.8. The normalized spacial score (nSPS) is 10.6. The molecular formula is C12H13FN2O. The zero-order chi connectivity index (χ0) is 11.4.